The molecule has 0 radical (unpaired) electrons. The van der Waals surface area contributed by atoms with Crippen molar-refractivity contribution in [3.05, 3.63) is 23.8 Å². The lowest BCUT2D eigenvalue weighted by Crippen LogP contribution is -2.14. The molecule has 0 aliphatic heterocycles. The highest BCUT2D eigenvalue weighted by Crippen LogP contribution is 2.32. The van der Waals surface area contributed by atoms with Crippen molar-refractivity contribution in [3.8, 4) is 11.5 Å². The predicted octanol–water partition coefficient (Wildman–Crippen LogP) is 3.92. The van der Waals surface area contributed by atoms with Crippen LogP contribution in [0.3, 0.4) is 0 Å². The van der Waals surface area contributed by atoms with Gasteiger partial charge in [-0.05, 0) is 26.0 Å². The third-order valence-corrected chi connectivity index (χ3v) is 2.78. The second-order valence-corrected chi connectivity index (χ2v) is 4.52. The molecule has 0 heterocycles. The van der Waals surface area contributed by atoms with E-state index < -0.39 is 12.6 Å². The first-order chi connectivity index (χ1) is 9.98. The summed E-state index contributed by atoms with van der Waals surface area (Å²) in [5.41, 5.74) is 0.884. The van der Waals surface area contributed by atoms with E-state index in [4.69, 9.17) is 9.47 Å². The molecule has 1 aromatic rings. The van der Waals surface area contributed by atoms with E-state index in [1.54, 1.807) is 6.07 Å². The summed E-state index contributed by atoms with van der Waals surface area (Å²) in [7, 11) is 0. The van der Waals surface area contributed by atoms with Crippen LogP contribution in [0.25, 0.3) is 0 Å². The quantitative estimate of drug-likeness (QED) is 0.702. The second kappa shape index (κ2) is 8.77. The van der Waals surface area contributed by atoms with E-state index in [1.165, 1.54) is 0 Å². The van der Waals surface area contributed by atoms with Gasteiger partial charge in [-0.25, -0.2) is 0 Å². The number of alkyl halides is 3. The fourth-order valence-corrected chi connectivity index (χ4v) is 1.84. The molecule has 1 rings (SSSR count). The maximum Gasteiger partial charge on any atom is 0.389 e. The van der Waals surface area contributed by atoms with E-state index >= 15 is 0 Å². The zero-order chi connectivity index (χ0) is 15.7. The molecular weight excluding hydrogens is 283 g/mol. The van der Waals surface area contributed by atoms with Gasteiger partial charge < -0.3 is 14.8 Å². The van der Waals surface area contributed by atoms with Gasteiger partial charge in [0.2, 0.25) is 0 Å². The van der Waals surface area contributed by atoms with E-state index in [0.717, 1.165) is 12.1 Å². The molecule has 0 aromatic heterocycles. The number of hydrogen-bond acceptors (Lipinski definition) is 3. The van der Waals surface area contributed by atoms with Crippen LogP contribution in [-0.2, 0) is 6.54 Å². The van der Waals surface area contributed by atoms with E-state index in [0.29, 0.717) is 24.7 Å². The zero-order valence-corrected chi connectivity index (χ0v) is 12.4. The van der Waals surface area contributed by atoms with Gasteiger partial charge >= 0.3 is 6.18 Å². The fraction of sp³-hybridized carbons (Fsp3) is 0.600. The first kappa shape index (κ1) is 17.6. The van der Waals surface area contributed by atoms with Gasteiger partial charge in [0.25, 0.3) is 0 Å². The Hall–Kier alpha value is -1.43. The standard InChI is InChI=1S/C15H22F3NO2/c1-3-19-11-12-7-5-8-13(20-4-2)14(12)21-10-6-9-15(16,17)18/h5,7-8,19H,3-4,6,9-11H2,1-2H3. The highest BCUT2D eigenvalue weighted by Gasteiger charge is 2.26. The van der Waals surface area contributed by atoms with E-state index in [-0.39, 0.29) is 13.0 Å². The Balaban J connectivity index is 2.70. The van der Waals surface area contributed by atoms with Gasteiger partial charge in [-0.2, -0.15) is 13.2 Å². The Morgan fingerprint density at radius 2 is 1.90 bits per heavy atom. The van der Waals surface area contributed by atoms with Gasteiger partial charge in [0.15, 0.2) is 11.5 Å². The van der Waals surface area contributed by atoms with E-state index in [9.17, 15) is 13.2 Å². The molecular formula is C15H22F3NO2. The van der Waals surface area contributed by atoms with Crippen LogP contribution >= 0.6 is 0 Å². The monoisotopic (exact) mass is 305 g/mol. The molecule has 0 amide bonds. The molecule has 0 atom stereocenters. The zero-order valence-electron chi connectivity index (χ0n) is 12.4. The molecule has 1 aromatic carbocycles. The summed E-state index contributed by atoms with van der Waals surface area (Å²) in [4.78, 5) is 0. The van der Waals surface area contributed by atoms with Crippen molar-refractivity contribution in [2.45, 2.75) is 39.4 Å². The smallest absolute Gasteiger partial charge is 0.389 e. The minimum atomic E-state index is -4.14. The van der Waals surface area contributed by atoms with Gasteiger partial charge in [-0.3, -0.25) is 0 Å². The van der Waals surface area contributed by atoms with Crippen molar-refractivity contribution < 1.29 is 22.6 Å². The maximum atomic E-state index is 12.1. The van der Waals surface area contributed by atoms with Gasteiger partial charge in [-0.1, -0.05) is 19.1 Å². The molecule has 0 aliphatic rings. The molecule has 0 fully saturated rings. The first-order valence-electron chi connectivity index (χ1n) is 7.12. The number of rotatable bonds is 9. The van der Waals surface area contributed by atoms with Crippen LogP contribution in [0.4, 0.5) is 13.2 Å². The lowest BCUT2D eigenvalue weighted by Gasteiger charge is -2.16. The highest BCUT2D eigenvalue weighted by atomic mass is 19.4. The number of benzene rings is 1. The highest BCUT2D eigenvalue weighted by molar-refractivity contribution is 5.46. The number of para-hydroxylation sites is 1. The largest absolute Gasteiger partial charge is 0.490 e. The molecule has 0 aliphatic carbocycles. The van der Waals surface area contributed by atoms with Crippen molar-refractivity contribution in [2.75, 3.05) is 19.8 Å². The molecule has 3 nitrogen and oxygen atoms in total. The predicted molar refractivity (Wildman–Crippen MR) is 75.8 cm³/mol. The van der Waals surface area contributed by atoms with Crippen molar-refractivity contribution in [1.29, 1.82) is 0 Å². The summed E-state index contributed by atoms with van der Waals surface area (Å²) in [5, 5.41) is 3.17. The molecule has 0 unspecified atom stereocenters. The van der Waals surface area contributed by atoms with Crippen LogP contribution in [0, 0.1) is 0 Å². The van der Waals surface area contributed by atoms with Crippen molar-refractivity contribution in [2.24, 2.45) is 0 Å². The first-order valence-corrected chi connectivity index (χ1v) is 7.12. The third-order valence-electron chi connectivity index (χ3n) is 2.78. The summed E-state index contributed by atoms with van der Waals surface area (Å²) in [6.07, 6.45) is -5.05. The molecule has 0 saturated carbocycles. The number of nitrogens with one attached hydrogen (secondary N) is 1. The Morgan fingerprint density at radius 1 is 1.14 bits per heavy atom. The Kier molecular flexibility index (Phi) is 7.36. The van der Waals surface area contributed by atoms with E-state index in [1.807, 2.05) is 26.0 Å². The summed E-state index contributed by atoms with van der Waals surface area (Å²) in [6.45, 7) is 5.71. The minimum Gasteiger partial charge on any atom is -0.490 e. The molecule has 0 spiro atoms. The topological polar surface area (TPSA) is 30.5 Å². The Labute approximate surface area is 123 Å². The lowest BCUT2D eigenvalue weighted by molar-refractivity contribution is -0.136. The fourth-order valence-electron chi connectivity index (χ4n) is 1.84. The van der Waals surface area contributed by atoms with Crippen LogP contribution < -0.4 is 14.8 Å². The summed E-state index contributed by atoms with van der Waals surface area (Å²) in [6, 6.07) is 5.49. The number of halogens is 3. The Bertz CT molecular complexity index is 422. The molecule has 1 N–H and O–H groups in total. The van der Waals surface area contributed by atoms with Gasteiger partial charge in [0.1, 0.15) is 0 Å². The van der Waals surface area contributed by atoms with E-state index in [2.05, 4.69) is 5.32 Å². The average molecular weight is 305 g/mol. The Morgan fingerprint density at radius 3 is 2.52 bits per heavy atom. The molecule has 0 bridgehead atoms. The van der Waals surface area contributed by atoms with Crippen molar-refractivity contribution in [3.63, 3.8) is 0 Å². The van der Waals surface area contributed by atoms with Gasteiger partial charge in [0, 0.05) is 18.5 Å². The average Bonchev–Trinajstić information content (AvgIpc) is 2.42. The molecule has 0 saturated heterocycles. The van der Waals surface area contributed by atoms with Crippen molar-refractivity contribution >= 4 is 0 Å². The molecule has 6 heteroatoms. The van der Waals surface area contributed by atoms with Crippen molar-refractivity contribution in [1.82, 2.24) is 5.32 Å². The second-order valence-electron chi connectivity index (χ2n) is 4.52. The number of ether oxygens (including phenoxy) is 2. The minimum absolute atomic E-state index is 0.0166. The van der Waals surface area contributed by atoms with Crippen LogP contribution in [-0.4, -0.2) is 25.9 Å². The maximum absolute atomic E-state index is 12.1. The van der Waals surface area contributed by atoms with Gasteiger partial charge in [-0.15, -0.1) is 0 Å². The number of hydrogen-bond donors (Lipinski definition) is 1. The van der Waals surface area contributed by atoms with Crippen LogP contribution in [0.1, 0.15) is 32.3 Å². The normalized spacial score (nSPS) is 11.5. The summed E-state index contributed by atoms with van der Waals surface area (Å²) < 4.78 is 47.4. The third kappa shape index (κ3) is 6.71. The van der Waals surface area contributed by atoms with Gasteiger partial charge in [0.05, 0.1) is 13.2 Å². The molecule has 21 heavy (non-hydrogen) atoms. The van der Waals surface area contributed by atoms with Crippen LogP contribution in [0.2, 0.25) is 0 Å². The van der Waals surface area contributed by atoms with Crippen LogP contribution in [0.5, 0.6) is 11.5 Å². The van der Waals surface area contributed by atoms with Crippen LogP contribution in [0.15, 0.2) is 18.2 Å². The molecule has 120 valence electrons. The summed E-state index contributed by atoms with van der Waals surface area (Å²) >= 11 is 0. The lowest BCUT2D eigenvalue weighted by atomic mass is 10.2. The summed E-state index contributed by atoms with van der Waals surface area (Å²) in [5.74, 6) is 1.10. The SMILES string of the molecule is CCNCc1cccc(OCC)c1OCCCC(F)(F)F.